The molecule has 3 aliphatic rings. The van der Waals surface area contributed by atoms with Crippen molar-refractivity contribution in [2.24, 2.45) is 23.7 Å². The largest absolute Gasteiger partial charge is 0.335 e. The molecular weight excluding hydrogens is 200 g/mol. The number of fused-ring (bicyclic) bond motifs is 5. The molecule has 90 valence electrons. The van der Waals surface area contributed by atoms with Crippen LogP contribution in [0.5, 0.6) is 0 Å². The number of carbonyl (C=O) groups is 1. The Labute approximate surface area is 97.4 Å². The van der Waals surface area contributed by atoms with Crippen LogP contribution in [0.15, 0.2) is 0 Å². The van der Waals surface area contributed by atoms with Gasteiger partial charge in [-0.15, -0.1) is 0 Å². The lowest BCUT2D eigenvalue weighted by Crippen LogP contribution is -2.47. The minimum atomic E-state index is -0.132. The molecule has 3 aliphatic carbocycles. The summed E-state index contributed by atoms with van der Waals surface area (Å²) in [5.41, 5.74) is -0.132. The predicted octanol–water partition coefficient (Wildman–Crippen LogP) is 2.13. The summed E-state index contributed by atoms with van der Waals surface area (Å²) in [7, 11) is 0. The van der Waals surface area contributed by atoms with E-state index in [2.05, 4.69) is 10.6 Å². The Morgan fingerprint density at radius 1 is 1.12 bits per heavy atom. The number of hydrogen-bond acceptors (Lipinski definition) is 1. The molecule has 0 aromatic carbocycles. The second-order valence-corrected chi connectivity index (χ2v) is 6.86. The third-order valence-electron chi connectivity index (χ3n) is 4.52. The standard InChI is InChI=1S/C13H22N2O/c1-13(2,3)15-12(16)14-11-9-7-4-5-8(6-7)10(9)11/h7-11H,4-6H2,1-3H3,(H2,14,15,16). The molecule has 3 saturated carbocycles. The van der Waals surface area contributed by atoms with Crippen molar-refractivity contribution in [3.63, 3.8) is 0 Å². The maximum absolute atomic E-state index is 11.8. The molecule has 2 amide bonds. The molecule has 0 radical (unpaired) electrons. The minimum absolute atomic E-state index is 0.0197. The quantitative estimate of drug-likeness (QED) is 0.701. The lowest BCUT2D eigenvalue weighted by Gasteiger charge is -2.21. The zero-order valence-corrected chi connectivity index (χ0v) is 10.4. The van der Waals surface area contributed by atoms with Crippen LogP contribution < -0.4 is 10.6 Å². The van der Waals surface area contributed by atoms with Gasteiger partial charge in [-0.1, -0.05) is 0 Å². The van der Waals surface area contributed by atoms with E-state index in [0.29, 0.717) is 6.04 Å². The van der Waals surface area contributed by atoms with Gasteiger partial charge in [-0.05, 0) is 63.7 Å². The molecule has 16 heavy (non-hydrogen) atoms. The van der Waals surface area contributed by atoms with E-state index in [0.717, 1.165) is 23.7 Å². The van der Waals surface area contributed by atoms with Crippen molar-refractivity contribution in [1.29, 1.82) is 0 Å². The molecule has 2 N–H and O–H groups in total. The minimum Gasteiger partial charge on any atom is -0.335 e. The molecule has 0 heterocycles. The van der Waals surface area contributed by atoms with Crippen molar-refractivity contribution < 1.29 is 4.79 Å². The van der Waals surface area contributed by atoms with E-state index in [-0.39, 0.29) is 11.6 Å². The summed E-state index contributed by atoms with van der Waals surface area (Å²) in [5, 5.41) is 6.14. The monoisotopic (exact) mass is 222 g/mol. The van der Waals surface area contributed by atoms with Crippen LogP contribution in [0, 0.1) is 23.7 Å². The lowest BCUT2D eigenvalue weighted by molar-refractivity contribution is 0.229. The Morgan fingerprint density at radius 3 is 2.19 bits per heavy atom. The van der Waals surface area contributed by atoms with Crippen LogP contribution in [-0.2, 0) is 0 Å². The fourth-order valence-corrected chi connectivity index (χ4v) is 4.05. The van der Waals surface area contributed by atoms with E-state index in [1.165, 1.54) is 19.3 Å². The molecule has 0 aromatic heterocycles. The average Bonchev–Trinajstić information content (AvgIpc) is 2.56. The molecule has 0 spiro atoms. The second kappa shape index (κ2) is 3.14. The second-order valence-electron chi connectivity index (χ2n) is 6.86. The Balaban J connectivity index is 1.53. The SMILES string of the molecule is CC(C)(C)NC(=O)NC1C2C3CCC(C3)C12. The van der Waals surface area contributed by atoms with Gasteiger partial charge in [0.05, 0.1) is 0 Å². The lowest BCUT2D eigenvalue weighted by atomic mass is 10.0. The maximum Gasteiger partial charge on any atom is 0.315 e. The van der Waals surface area contributed by atoms with Crippen molar-refractivity contribution >= 4 is 6.03 Å². The van der Waals surface area contributed by atoms with E-state index in [9.17, 15) is 4.79 Å². The maximum atomic E-state index is 11.8. The van der Waals surface area contributed by atoms with Gasteiger partial charge >= 0.3 is 6.03 Å². The first-order chi connectivity index (χ1) is 7.46. The van der Waals surface area contributed by atoms with E-state index in [1.807, 2.05) is 20.8 Å². The number of urea groups is 1. The van der Waals surface area contributed by atoms with E-state index < -0.39 is 0 Å². The normalized spacial score (nSPS) is 44.1. The van der Waals surface area contributed by atoms with Crippen LogP contribution >= 0.6 is 0 Å². The van der Waals surface area contributed by atoms with Crippen molar-refractivity contribution in [2.75, 3.05) is 0 Å². The van der Waals surface area contributed by atoms with Gasteiger partial charge in [0.2, 0.25) is 0 Å². The van der Waals surface area contributed by atoms with Crippen LogP contribution in [0.25, 0.3) is 0 Å². The Hall–Kier alpha value is -0.730. The van der Waals surface area contributed by atoms with Gasteiger partial charge in [-0.25, -0.2) is 4.79 Å². The number of rotatable bonds is 1. The van der Waals surface area contributed by atoms with E-state index >= 15 is 0 Å². The number of hydrogen-bond donors (Lipinski definition) is 2. The van der Waals surface area contributed by atoms with Crippen LogP contribution in [0.3, 0.4) is 0 Å². The highest BCUT2D eigenvalue weighted by molar-refractivity contribution is 5.75. The third kappa shape index (κ3) is 1.61. The average molecular weight is 222 g/mol. The molecule has 4 unspecified atom stereocenters. The molecule has 4 atom stereocenters. The molecule has 2 bridgehead atoms. The molecule has 0 saturated heterocycles. The van der Waals surface area contributed by atoms with Crippen LogP contribution in [-0.4, -0.2) is 17.6 Å². The highest BCUT2D eigenvalue weighted by atomic mass is 16.2. The first-order valence-corrected chi connectivity index (χ1v) is 6.54. The summed E-state index contributed by atoms with van der Waals surface area (Å²) in [4.78, 5) is 11.8. The summed E-state index contributed by atoms with van der Waals surface area (Å²) in [6, 6.07) is 0.514. The third-order valence-corrected chi connectivity index (χ3v) is 4.52. The van der Waals surface area contributed by atoms with Gasteiger partial charge in [0, 0.05) is 11.6 Å². The molecule has 3 nitrogen and oxygen atoms in total. The summed E-state index contributed by atoms with van der Waals surface area (Å²) < 4.78 is 0. The Bertz CT molecular complexity index is 304. The first-order valence-electron chi connectivity index (χ1n) is 6.54. The zero-order chi connectivity index (χ0) is 11.5. The van der Waals surface area contributed by atoms with Crippen molar-refractivity contribution in [2.45, 2.75) is 51.6 Å². The number of nitrogens with one attached hydrogen (secondary N) is 2. The summed E-state index contributed by atoms with van der Waals surface area (Å²) in [5.74, 6) is 3.50. The smallest absolute Gasteiger partial charge is 0.315 e. The van der Waals surface area contributed by atoms with E-state index in [4.69, 9.17) is 0 Å². The summed E-state index contributed by atoms with van der Waals surface area (Å²) in [6.45, 7) is 6.05. The molecule has 3 fully saturated rings. The highest BCUT2D eigenvalue weighted by Gasteiger charge is 2.65. The van der Waals surface area contributed by atoms with Crippen LogP contribution in [0.4, 0.5) is 4.79 Å². The fraction of sp³-hybridized carbons (Fsp3) is 0.923. The number of amides is 2. The van der Waals surface area contributed by atoms with Gasteiger partial charge in [0.1, 0.15) is 0 Å². The highest BCUT2D eigenvalue weighted by Crippen LogP contribution is 2.65. The summed E-state index contributed by atoms with van der Waals surface area (Å²) in [6.07, 6.45) is 4.25. The van der Waals surface area contributed by atoms with Crippen LogP contribution in [0.1, 0.15) is 40.0 Å². The van der Waals surface area contributed by atoms with Crippen LogP contribution in [0.2, 0.25) is 0 Å². The van der Waals surface area contributed by atoms with Gasteiger partial charge in [0.15, 0.2) is 0 Å². The topological polar surface area (TPSA) is 41.1 Å². The predicted molar refractivity (Wildman–Crippen MR) is 63.0 cm³/mol. The fourth-order valence-electron chi connectivity index (χ4n) is 4.05. The van der Waals surface area contributed by atoms with Gasteiger partial charge < -0.3 is 10.6 Å². The molecule has 3 heteroatoms. The molecular formula is C13H22N2O. The summed E-state index contributed by atoms with van der Waals surface area (Å²) >= 11 is 0. The zero-order valence-electron chi connectivity index (χ0n) is 10.4. The Morgan fingerprint density at radius 2 is 1.69 bits per heavy atom. The van der Waals surface area contributed by atoms with Gasteiger partial charge in [0.25, 0.3) is 0 Å². The Kier molecular flexibility index (Phi) is 2.05. The van der Waals surface area contributed by atoms with E-state index in [1.54, 1.807) is 0 Å². The van der Waals surface area contributed by atoms with Gasteiger partial charge in [-0.3, -0.25) is 0 Å². The number of carbonyl (C=O) groups excluding carboxylic acids is 1. The van der Waals surface area contributed by atoms with Crippen molar-refractivity contribution in [1.82, 2.24) is 10.6 Å². The molecule has 3 rings (SSSR count). The molecule has 0 aliphatic heterocycles. The van der Waals surface area contributed by atoms with Crippen molar-refractivity contribution in [3.8, 4) is 0 Å². The van der Waals surface area contributed by atoms with Crippen molar-refractivity contribution in [3.05, 3.63) is 0 Å². The van der Waals surface area contributed by atoms with Gasteiger partial charge in [-0.2, -0.15) is 0 Å². The first kappa shape index (κ1) is 10.4. The molecule has 0 aromatic rings.